The zero-order valence-corrected chi connectivity index (χ0v) is 74.5. The largest absolute Gasteiger partial charge is 0.460 e. The molecule has 4 aliphatic rings. The van der Waals surface area contributed by atoms with E-state index in [1.807, 2.05) is 90.1 Å². The van der Waals surface area contributed by atoms with Crippen LogP contribution in [0.1, 0.15) is 216 Å². The lowest BCUT2D eigenvalue weighted by Gasteiger charge is -2.44. The Bertz CT molecular complexity index is 3380. The molecule has 0 aromatic heterocycles. The molecule has 6 rings (SSSR count). The standard InChI is InChI=1S/C88H138N10O26/c1-13-69-55(4)81(119-61(10)102)78(95-58(7)99)84(122-69)115-45-26-16-23-39-89-75(108)52-112-48-42-92-72(105)33-36-88(98-87(111)118-51-68-66-31-21-19-29-64(66)65-30-20-22-32-67(65)68,37-34-73(106)93-43-49-113-53-76(109)90-40-24-17-27-46-116-85-79(96-59(8)100)82(120-62(11)103)56(5)70(14-2)123-85)38-35-74(107)94-44-50-114-54-77(110)91-41-25-18-28-47-117-86-80(97-60(9)101)83(121-63(12)104)57(6)71(15-3)124-86/h19-22,29-32,55-57,68-71,78-86H,13-18,23-28,33-54H2,1-12H3,(H,89,108)(H,90,109)(H,91,110)(H,92,105)(H,93,106)(H,94,107)(H,95,99)(H,96,100)(H,97,101)(H,98,111)/t55-,56-,57-,69+,70+,71+,78+,79+,80+,81-,82-,83-,84+,85+,86+/m0/s1. The second-order valence-electron chi connectivity index (χ2n) is 32.1. The number of rotatable bonds is 57. The van der Waals surface area contributed by atoms with Crippen molar-refractivity contribution in [2.75, 3.05) is 105 Å². The summed E-state index contributed by atoms with van der Waals surface area (Å²) in [6.45, 7) is 20.5. The maximum Gasteiger partial charge on any atom is 0.407 e. The Balaban J connectivity index is 1.00. The molecule has 696 valence electrons. The van der Waals surface area contributed by atoms with Crippen LogP contribution >= 0.6 is 0 Å². The van der Waals surface area contributed by atoms with Gasteiger partial charge in [-0.3, -0.25) is 57.5 Å². The number of amides is 10. The van der Waals surface area contributed by atoms with Gasteiger partial charge in [0, 0.05) is 149 Å². The van der Waals surface area contributed by atoms with E-state index in [9.17, 15) is 62.3 Å². The second-order valence-corrected chi connectivity index (χ2v) is 32.1. The Kier molecular flexibility index (Phi) is 47.0. The highest BCUT2D eigenvalue weighted by Gasteiger charge is 2.50. The van der Waals surface area contributed by atoms with Gasteiger partial charge in [-0.15, -0.1) is 0 Å². The number of ether oxygens (including phenoxy) is 13. The van der Waals surface area contributed by atoms with Gasteiger partial charge in [-0.1, -0.05) is 90.1 Å². The smallest absolute Gasteiger partial charge is 0.407 e. The number of hydrogen-bond donors (Lipinski definition) is 10. The molecular formula is C88H138N10O26. The molecule has 0 unspecified atom stereocenters. The molecule has 2 aromatic carbocycles. The zero-order valence-electron chi connectivity index (χ0n) is 74.5. The minimum absolute atomic E-state index is 0.00274. The van der Waals surface area contributed by atoms with Gasteiger partial charge in [0.1, 0.15) is 62.9 Å². The Hall–Kier alpha value is -9.01. The summed E-state index contributed by atoms with van der Waals surface area (Å²) in [6, 6.07) is 13.5. The van der Waals surface area contributed by atoms with Crippen molar-refractivity contribution in [3.8, 4) is 11.1 Å². The van der Waals surface area contributed by atoms with Crippen LogP contribution in [0.25, 0.3) is 11.1 Å². The summed E-state index contributed by atoms with van der Waals surface area (Å²) in [5.41, 5.74) is 2.50. The Labute approximate surface area is 728 Å². The molecule has 36 heteroatoms. The first-order valence-corrected chi connectivity index (χ1v) is 44.1. The van der Waals surface area contributed by atoms with Gasteiger partial charge in [0.15, 0.2) is 18.9 Å². The van der Waals surface area contributed by atoms with Gasteiger partial charge in [-0.05, 0) is 119 Å². The monoisotopic (exact) mass is 1750 g/mol. The van der Waals surface area contributed by atoms with Crippen LogP contribution in [0.3, 0.4) is 0 Å². The first-order valence-electron chi connectivity index (χ1n) is 44.1. The van der Waals surface area contributed by atoms with Crippen LogP contribution in [0.4, 0.5) is 4.79 Å². The lowest BCUT2D eigenvalue weighted by atomic mass is 9.83. The number of unbranched alkanes of at least 4 members (excludes halogenated alkanes) is 6. The van der Waals surface area contributed by atoms with Crippen LogP contribution in [0.5, 0.6) is 0 Å². The van der Waals surface area contributed by atoms with E-state index in [1.165, 1.54) is 41.5 Å². The molecule has 3 fully saturated rings. The van der Waals surface area contributed by atoms with E-state index in [0.717, 1.165) is 22.3 Å². The summed E-state index contributed by atoms with van der Waals surface area (Å²) in [6.07, 6.45) is 0.635. The minimum Gasteiger partial charge on any atom is -0.460 e. The highest BCUT2D eigenvalue weighted by molar-refractivity contribution is 5.82. The number of hydrogen-bond acceptors (Lipinski definition) is 26. The molecule has 15 atom stereocenters. The van der Waals surface area contributed by atoms with E-state index in [-0.39, 0.29) is 202 Å². The van der Waals surface area contributed by atoms with E-state index in [4.69, 9.17) is 61.6 Å². The van der Waals surface area contributed by atoms with Crippen molar-refractivity contribution >= 4 is 77.2 Å². The van der Waals surface area contributed by atoms with Crippen molar-refractivity contribution in [1.82, 2.24) is 53.2 Å². The van der Waals surface area contributed by atoms with Crippen LogP contribution in [-0.4, -0.2) is 262 Å². The maximum atomic E-state index is 14.4. The van der Waals surface area contributed by atoms with Crippen LogP contribution in [0.15, 0.2) is 48.5 Å². The highest BCUT2D eigenvalue weighted by Crippen LogP contribution is 2.45. The summed E-state index contributed by atoms with van der Waals surface area (Å²) in [4.78, 5) is 167. The first kappa shape index (κ1) is 104. The fraction of sp³-hybridized carbons (Fsp3) is 0.716. The lowest BCUT2D eigenvalue weighted by molar-refractivity contribution is -0.253. The third-order valence-electron chi connectivity index (χ3n) is 22.3. The number of carbonyl (C=O) groups is 13. The molecule has 10 amide bonds. The van der Waals surface area contributed by atoms with Crippen LogP contribution in [-0.2, 0) is 119 Å². The summed E-state index contributed by atoms with van der Waals surface area (Å²) in [5, 5.41) is 28.4. The van der Waals surface area contributed by atoms with Crippen molar-refractivity contribution in [3.05, 3.63) is 59.7 Å². The third-order valence-corrected chi connectivity index (χ3v) is 22.3. The summed E-state index contributed by atoms with van der Waals surface area (Å²) < 4.78 is 76.7. The fourth-order valence-electron chi connectivity index (χ4n) is 16.0. The van der Waals surface area contributed by atoms with E-state index in [1.54, 1.807) is 0 Å². The van der Waals surface area contributed by atoms with Crippen LogP contribution < -0.4 is 53.2 Å². The number of benzene rings is 2. The third kappa shape index (κ3) is 36.5. The molecule has 2 aromatic rings. The van der Waals surface area contributed by atoms with Gasteiger partial charge in [0.2, 0.25) is 53.2 Å². The van der Waals surface area contributed by atoms with E-state index >= 15 is 0 Å². The van der Waals surface area contributed by atoms with Crippen molar-refractivity contribution < 1.29 is 124 Å². The number of esters is 3. The summed E-state index contributed by atoms with van der Waals surface area (Å²) in [7, 11) is 0. The maximum absolute atomic E-state index is 14.4. The minimum atomic E-state index is -1.44. The molecule has 3 saturated heterocycles. The van der Waals surface area contributed by atoms with Gasteiger partial charge in [0.25, 0.3) is 0 Å². The number of carbonyl (C=O) groups excluding carboxylic acids is 13. The predicted octanol–water partition coefficient (Wildman–Crippen LogP) is 5.53. The predicted molar refractivity (Wildman–Crippen MR) is 452 cm³/mol. The molecule has 0 saturated carbocycles. The summed E-state index contributed by atoms with van der Waals surface area (Å²) >= 11 is 0. The average Bonchev–Trinajstić information content (AvgIpc) is 1.60. The Morgan fingerprint density at radius 3 is 0.960 bits per heavy atom. The van der Waals surface area contributed by atoms with Crippen molar-refractivity contribution in [2.24, 2.45) is 17.8 Å². The molecule has 0 spiro atoms. The lowest BCUT2D eigenvalue weighted by Crippen LogP contribution is -2.62. The Morgan fingerprint density at radius 1 is 0.371 bits per heavy atom. The molecule has 3 heterocycles. The number of fused-ring (bicyclic) bond motifs is 3. The first-order chi connectivity index (χ1) is 59.5. The zero-order chi connectivity index (χ0) is 90.5. The molecule has 10 N–H and O–H groups in total. The van der Waals surface area contributed by atoms with E-state index in [2.05, 4.69) is 53.2 Å². The molecule has 36 nitrogen and oxygen atoms in total. The average molecular weight is 1750 g/mol. The quantitative estimate of drug-likeness (QED) is 0.0221. The van der Waals surface area contributed by atoms with E-state index in [0.29, 0.717) is 96.7 Å². The molecule has 3 aliphatic heterocycles. The van der Waals surface area contributed by atoms with Crippen LogP contribution in [0, 0.1) is 17.8 Å². The SMILES string of the molecule is CC[C@H]1O[C@@H](OCCCCCNC(=O)COCCNC(=O)CCC(CCC(=O)NCCOCC(=O)NCCCCCO[C@@H]2O[C@H](CC)[C@H](C)[C@H](OC(C)=O)[C@H]2NC(C)=O)(CCC(=O)NCCOCC(=O)NCCCCCO[C@@H]2O[C@H](CC)[C@H](C)[C@H](OC(C)=O)[C@H]2NC(C)=O)NC(=O)OCC2c3ccccc3-c3ccccc32)[C@H](NC(C)=O)[C@@H](OC(C)=O)[C@H]1C. The molecule has 0 bridgehead atoms. The van der Waals surface area contributed by atoms with Gasteiger partial charge in [-0.25, -0.2) is 4.79 Å². The van der Waals surface area contributed by atoms with Crippen LogP contribution in [0.2, 0.25) is 0 Å². The molecular weight excluding hydrogens is 1610 g/mol. The van der Waals surface area contributed by atoms with Crippen molar-refractivity contribution in [2.45, 2.75) is 284 Å². The van der Waals surface area contributed by atoms with Gasteiger partial charge >= 0.3 is 24.0 Å². The number of nitrogens with one attached hydrogen (secondary N) is 10. The molecule has 1 aliphatic carbocycles. The molecule has 0 radical (unpaired) electrons. The van der Waals surface area contributed by atoms with Gasteiger partial charge < -0.3 is 115 Å². The molecule has 124 heavy (non-hydrogen) atoms. The van der Waals surface area contributed by atoms with Gasteiger partial charge in [-0.2, -0.15) is 0 Å². The topological polar surface area (TPSA) is 462 Å². The van der Waals surface area contributed by atoms with E-state index < -0.39 is 103 Å². The highest BCUT2D eigenvalue weighted by atomic mass is 16.7. The van der Waals surface area contributed by atoms with Crippen molar-refractivity contribution in [1.29, 1.82) is 0 Å². The normalized spacial score (nSPS) is 22.7. The van der Waals surface area contributed by atoms with Crippen molar-refractivity contribution in [3.63, 3.8) is 0 Å². The summed E-state index contributed by atoms with van der Waals surface area (Å²) in [5.74, 6) is -5.81. The Morgan fingerprint density at radius 2 is 0.669 bits per heavy atom. The van der Waals surface area contributed by atoms with Gasteiger partial charge in [0.05, 0.1) is 38.1 Å². The number of alkyl carbamates (subject to hydrolysis) is 1. The second kappa shape index (κ2) is 56.1. The fourth-order valence-corrected chi connectivity index (χ4v) is 16.0.